The van der Waals surface area contributed by atoms with Gasteiger partial charge in [-0.1, -0.05) is 49.6 Å². The maximum Gasteiger partial charge on any atom is 0.315 e. The molecule has 1 atom stereocenters. The van der Waals surface area contributed by atoms with Crippen molar-refractivity contribution in [2.24, 2.45) is 0 Å². The molecule has 0 unspecified atom stereocenters. The lowest BCUT2D eigenvalue weighted by molar-refractivity contribution is -0.128. The molecule has 6 heteroatoms. The van der Waals surface area contributed by atoms with Gasteiger partial charge in [-0.25, -0.2) is 4.79 Å². The van der Waals surface area contributed by atoms with E-state index in [0.717, 1.165) is 30.6 Å². The lowest BCUT2D eigenvalue weighted by Crippen LogP contribution is -2.61. The first-order valence-electron chi connectivity index (χ1n) is 10.0. The number of benzene rings is 1. The summed E-state index contributed by atoms with van der Waals surface area (Å²) in [5.41, 5.74) is 0.352. The fourth-order valence-electron chi connectivity index (χ4n) is 4.04. The van der Waals surface area contributed by atoms with Crippen molar-refractivity contribution in [2.75, 3.05) is 13.6 Å². The summed E-state index contributed by atoms with van der Waals surface area (Å²) in [6, 6.07) is 13.7. The first kappa shape index (κ1) is 20.0. The van der Waals surface area contributed by atoms with Crippen molar-refractivity contribution < 1.29 is 14.0 Å². The van der Waals surface area contributed by atoms with Gasteiger partial charge in [-0.3, -0.25) is 4.79 Å². The van der Waals surface area contributed by atoms with Crippen molar-refractivity contribution in [2.45, 2.75) is 50.0 Å². The van der Waals surface area contributed by atoms with Crippen molar-refractivity contribution in [3.63, 3.8) is 0 Å². The van der Waals surface area contributed by atoms with E-state index < -0.39 is 5.54 Å². The van der Waals surface area contributed by atoms with Crippen LogP contribution in [0, 0.1) is 0 Å². The summed E-state index contributed by atoms with van der Waals surface area (Å²) in [5.74, 6) is 0.835. The van der Waals surface area contributed by atoms with Crippen LogP contribution in [0.25, 0.3) is 0 Å². The first-order valence-corrected chi connectivity index (χ1v) is 10.0. The molecule has 0 saturated heterocycles. The van der Waals surface area contributed by atoms with Crippen molar-refractivity contribution >= 4 is 11.9 Å². The number of urea groups is 1. The molecule has 3 amide bonds. The molecule has 1 aliphatic carbocycles. The minimum atomic E-state index is -0.795. The third-order valence-corrected chi connectivity index (χ3v) is 5.53. The Balaban J connectivity index is 1.59. The highest BCUT2D eigenvalue weighted by molar-refractivity contribution is 5.91. The Morgan fingerprint density at radius 3 is 2.46 bits per heavy atom. The number of likely N-dealkylation sites (N-methyl/N-ethyl adjacent to an activating group) is 1. The van der Waals surface area contributed by atoms with Gasteiger partial charge in [0, 0.05) is 19.5 Å². The van der Waals surface area contributed by atoms with Crippen LogP contribution >= 0.6 is 0 Å². The van der Waals surface area contributed by atoms with Crippen molar-refractivity contribution in [3.05, 3.63) is 60.1 Å². The van der Waals surface area contributed by atoms with Crippen LogP contribution in [0.3, 0.4) is 0 Å². The molecule has 0 aliphatic heterocycles. The molecule has 1 aliphatic rings. The molecule has 0 spiro atoms. The molecule has 1 aromatic heterocycles. The summed E-state index contributed by atoms with van der Waals surface area (Å²) in [4.78, 5) is 24.9. The second kappa shape index (κ2) is 9.44. The first-order chi connectivity index (χ1) is 13.6. The maximum atomic E-state index is 12.5. The Morgan fingerprint density at radius 2 is 1.82 bits per heavy atom. The van der Waals surface area contributed by atoms with Gasteiger partial charge in [0.15, 0.2) is 0 Å². The number of hydrogen-bond acceptors (Lipinski definition) is 3. The summed E-state index contributed by atoms with van der Waals surface area (Å²) in [7, 11) is 1.62. The van der Waals surface area contributed by atoms with Crippen molar-refractivity contribution in [3.8, 4) is 0 Å². The quantitative estimate of drug-likeness (QED) is 0.684. The Kier molecular flexibility index (Phi) is 6.74. The van der Waals surface area contributed by atoms with E-state index in [1.165, 1.54) is 0 Å². The zero-order valence-electron chi connectivity index (χ0n) is 16.4. The van der Waals surface area contributed by atoms with E-state index in [0.29, 0.717) is 25.8 Å². The molecule has 1 fully saturated rings. The smallest absolute Gasteiger partial charge is 0.315 e. The van der Waals surface area contributed by atoms with Gasteiger partial charge in [0.1, 0.15) is 11.3 Å². The highest BCUT2D eigenvalue weighted by Crippen LogP contribution is 2.29. The predicted molar refractivity (Wildman–Crippen MR) is 108 cm³/mol. The van der Waals surface area contributed by atoms with E-state index in [9.17, 15) is 9.59 Å². The molecule has 1 aromatic carbocycles. The fourth-order valence-corrected chi connectivity index (χ4v) is 4.04. The molecular weight excluding hydrogens is 354 g/mol. The van der Waals surface area contributed by atoms with Gasteiger partial charge in [-0.2, -0.15) is 0 Å². The molecule has 6 nitrogen and oxygen atoms in total. The van der Waals surface area contributed by atoms with Crippen LogP contribution in [0.4, 0.5) is 4.79 Å². The van der Waals surface area contributed by atoms with Gasteiger partial charge in [0.05, 0.1) is 6.26 Å². The zero-order valence-corrected chi connectivity index (χ0v) is 16.4. The Hall–Kier alpha value is -2.76. The molecule has 28 heavy (non-hydrogen) atoms. The Labute approximate surface area is 166 Å². The van der Waals surface area contributed by atoms with Crippen LogP contribution in [0.15, 0.2) is 53.1 Å². The number of carbonyl (C=O) groups is 2. The minimum absolute atomic E-state index is 0.0686. The van der Waals surface area contributed by atoms with E-state index >= 15 is 0 Å². The van der Waals surface area contributed by atoms with Crippen molar-refractivity contribution in [1.29, 1.82) is 0 Å². The summed E-state index contributed by atoms with van der Waals surface area (Å²) in [5, 5.41) is 8.57. The number of amides is 3. The molecule has 1 heterocycles. The third-order valence-electron chi connectivity index (χ3n) is 5.53. The van der Waals surface area contributed by atoms with Gasteiger partial charge in [0.25, 0.3) is 0 Å². The minimum Gasteiger partial charge on any atom is -0.469 e. The summed E-state index contributed by atoms with van der Waals surface area (Å²) in [6.45, 7) is 0.482. The van der Waals surface area contributed by atoms with Crippen LogP contribution in [0.2, 0.25) is 0 Å². The van der Waals surface area contributed by atoms with Gasteiger partial charge in [-0.05, 0) is 37.0 Å². The average Bonchev–Trinajstić information content (AvgIpc) is 3.26. The van der Waals surface area contributed by atoms with E-state index in [1.54, 1.807) is 13.3 Å². The Morgan fingerprint density at radius 1 is 1.07 bits per heavy atom. The molecule has 2 aromatic rings. The van der Waals surface area contributed by atoms with Gasteiger partial charge in [-0.15, -0.1) is 0 Å². The van der Waals surface area contributed by atoms with Crippen LogP contribution in [-0.4, -0.2) is 31.1 Å². The molecular formula is C22H29N3O3. The predicted octanol–water partition coefficient (Wildman–Crippen LogP) is 3.55. The lowest BCUT2D eigenvalue weighted by Gasteiger charge is -2.36. The number of furan rings is 1. The number of hydrogen-bond donors (Lipinski definition) is 3. The molecule has 150 valence electrons. The van der Waals surface area contributed by atoms with Crippen LogP contribution in [0.5, 0.6) is 0 Å². The van der Waals surface area contributed by atoms with Crippen LogP contribution in [-0.2, 0) is 4.79 Å². The molecule has 3 rings (SSSR count). The standard InChI is InChI=1S/C22H29N3O3/c1-23-20(26)22(13-6-3-7-14-22)25-21(27)24-15-12-18(19-11-8-16-28-19)17-9-4-2-5-10-17/h2,4-5,8-11,16,18H,3,6-7,12-15H2,1H3,(H,23,26)(H2,24,25,27)/t18-/m1/s1. The van der Waals surface area contributed by atoms with Gasteiger partial charge >= 0.3 is 6.03 Å². The van der Waals surface area contributed by atoms with E-state index in [-0.39, 0.29) is 17.9 Å². The van der Waals surface area contributed by atoms with Crippen LogP contribution < -0.4 is 16.0 Å². The molecule has 1 saturated carbocycles. The maximum absolute atomic E-state index is 12.5. The molecule has 0 bridgehead atoms. The van der Waals surface area contributed by atoms with E-state index in [1.807, 2.05) is 30.3 Å². The Bertz CT molecular complexity index is 753. The second-order valence-corrected chi connectivity index (χ2v) is 7.37. The van der Waals surface area contributed by atoms with E-state index in [4.69, 9.17) is 4.42 Å². The van der Waals surface area contributed by atoms with Crippen LogP contribution in [0.1, 0.15) is 55.8 Å². The SMILES string of the molecule is CNC(=O)C1(NC(=O)NCC[C@H](c2ccccc2)c2ccco2)CCCCC1. The highest BCUT2D eigenvalue weighted by atomic mass is 16.3. The van der Waals surface area contributed by atoms with Gasteiger partial charge < -0.3 is 20.4 Å². The number of nitrogens with one attached hydrogen (secondary N) is 3. The summed E-state index contributed by atoms with van der Waals surface area (Å²) < 4.78 is 5.61. The topological polar surface area (TPSA) is 83.4 Å². The lowest BCUT2D eigenvalue weighted by atomic mass is 9.81. The van der Waals surface area contributed by atoms with E-state index in [2.05, 4.69) is 28.1 Å². The largest absolute Gasteiger partial charge is 0.469 e. The monoisotopic (exact) mass is 383 g/mol. The fraction of sp³-hybridized carbons (Fsp3) is 0.455. The second-order valence-electron chi connectivity index (χ2n) is 7.37. The zero-order chi connectivity index (χ0) is 19.8. The summed E-state index contributed by atoms with van der Waals surface area (Å²) in [6.07, 6.45) is 6.73. The summed E-state index contributed by atoms with van der Waals surface area (Å²) >= 11 is 0. The molecule has 0 radical (unpaired) electrons. The number of carbonyl (C=O) groups excluding carboxylic acids is 2. The number of rotatable bonds is 7. The van der Waals surface area contributed by atoms with Gasteiger partial charge in [0.2, 0.25) is 5.91 Å². The third kappa shape index (κ3) is 4.74. The average molecular weight is 383 g/mol. The van der Waals surface area contributed by atoms with Crippen molar-refractivity contribution in [1.82, 2.24) is 16.0 Å². The molecule has 3 N–H and O–H groups in total. The normalized spacial score (nSPS) is 16.8. The highest BCUT2D eigenvalue weighted by Gasteiger charge is 2.40.